The molecule has 2 aromatic carbocycles. The van der Waals surface area contributed by atoms with Crippen molar-refractivity contribution in [2.75, 3.05) is 0 Å². The Morgan fingerprint density at radius 1 is 1.13 bits per heavy atom. The van der Waals surface area contributed by atoms with Crippen LogP contribution in [0, 0.1) is 0 Å². The Morgan fingerprint density at radius 3 is 2.70 bits per heavy atom. The summed E-state index contributed by atoms with van der Waals surface area (Å²) in [6.07, 6.45) is 1.59. The number of nitrogens with zero attached hydrogens (tertiary/aromatic N) is 1. The number of hydrogen-bond acceptors (Lipinski definition) is 2. The summed E-state index contributed by atoms with van der Waals surface area (Å²) in [7, 11) is 0. The highest BCUT2D eigenvalue weighted by molar-refractivity contribution is 6.51. The normalized spacial score (nSPS) is 11.9. The first-order valence-corrected chi connectivity index (χ1v) is 7.98. The Hall–Kier alpha value is -1.52. The third-order valence-corrected chi connectivity index (χ3v) is 4.51. The molecule has 3 nitrogen and oxygen atoms in total. The van der Waals surface area contributed by atoms with E-state index >= 15 is 0 Å². The number of aromatic nitrogens is 2. The summed E-state index contributed by atoms with van der Waals surface area (Å²) >= 11 is 24.3. The Morgan fingerprint density at radius 2 is 1.91 bits per heavy atom. The average Bonchev–Trinajstić information content (AvgIpc) is 2.52. The van der Waals surface area contributed by atoms with E-state index in [-0.39, 0.29) is 16.4 Å². The fraction of sp³-hybridized carbons (Fsp3) is 0. The molecule has 116 valence electrons. The third-order valence-electron chi connectivity index (χ3n) is 3.16. The van der Waals surface area contributed by atoms with E-state index in [9.17, 15) is 4.79 Å². The zero-order valence-corrected chi connectivity index (χ0v) is 14.4. The van der Waals surface area contributed by atoms with Crippen LogP contribution in [0.4, 0.5) is 0 Å². The zero-order chi connectivity index (χ0) is 16.6. The zero-order valence-electron chi connectivity index (χ0n) is 11.4. The van der Waals surface area contributed by atoms with Crippen molar-refractivity contribution < 1.29 is 0 Å². The quantitative estimate of drug-likeness (QED) is 0.622. The summed E-state index contributed by atoms with van der Waals surface area (Å²) < 4.78 is 0. The van der Waals surface area contributed by atoms with Crippen molar-refractivity contribution in [3.05, 3.63) is 73.2 Å². The summed E-state index contributed by atoms with van der Waals surface area (Å²) in [4.78, 5) is 19.1. The summed E-state index contributed by atoms with van der Waals surface area (Å²) in [5, 5.41) is 1.89. The first-order valence-electron chi connectivity index (χ1n) is 6.47. The van der Waals surface area contributed by atoms with Gasteiger partial charge in [0.25, 0.3) is 5.56 Å². The van der Waals surface area contributed by atoms with Gasteiger partial charge in [0, 0.05) is 5.02 Å². The Balaban J connectivity index is 2.12. The van der Waals surface area contributed by atoms with Crippen molar-refractivity contribution in [1.29, 1.82) is 0 Å². The topological polar surface area (TPSA) is 45.8 Å². The van der Waals surface area contributed by atoms with Crippen LogP contribution in [0.25, 0.3) is 22.0 Å². The monoisotopic (exact) mass is 384 g/mol. The Bertz CT molecular complexity index is 995. The molecule has 3 aromatic rings. The predicted molar refractivity (Wildman–Crippen MR) is 97.6 cm³/mol. The highest BCUT2D eigenvalue weighted by Crippen LogP contribution is 2.29. The third kappa shape index (κ3) is 3.38. The second-order valence-corrected chi connectivity index (χ2v) is 6.34. The fourth-order valence-electron chi connectivity index (χ4n) is 2.06. The minimum Gasteiger partial charge on any atom is -0.305 e. The van der Waals surface area contributed by atoms with Gasteiger partial charge in [-0.05, 0) is 35.9 Å². The first kappa shape index (κ1) is 16.3. The molecule has 0 amide bonds. The lowest BCUT2D eigenvalue weighted by Gasteiger charge is -2.04. The van der Waals surface area contributed by atoms with Crippen LogP contribution in [-0.2, 0) is 0 Å². The van der Waals surface area contributed by atoms with Gasteiger partial charge in [-0.15, -0.1) is 0 Å². The highest BCUT2D eigenvalue weighted by atomic mass is 35.5. The van der Waals surface area contributed by atoms with Gasteiger partial charge in [-0.25, -0.2) is 4.98 Å². The minimum atomic E-state index is -0.323. The van der Waals surface area contributed by atoms with Gasteiger partial charge in [0.2, 0.25) is 0 Å². The summed E-state index contributed by atoms with van der Waals surface area (Å²) in [5.41, 5.74) is 0.802. The molecule has 0 radical (unpaired) electrons. The van der Waals surface area contributed by atoms with Crippen LogP contribution < -0.4 is 5.56 Å². The largest absolute Gasteiger partial charge is 0.305 e. The van der Waals surface area contributed by atoms with Crippen LogP contribution in [0.3, 0.4) is 0 Å². The van der Waals surface area contributed by atoms with E-state index in [1.807, 2.05) is 0 Å². The molecule has 0 unspecified atom stereocenters. The lowest BCUT2D eigenvalue weighted by atomic mass is 10.2. The van der Waals surface area contributed by atoms with Gasteiger partial charge in [-0.1, -0.05) is 58.5 Å². The first-order chi connectivity index (χ1) is 11.0. The van der Waals surface area contributed by atoms with Gasteiger partial charge < -0.3 is 4.98 Å². The van der Waals surface area contributed by atoms with E-state index in [1.54, 1.807) is 42.5 Å². The van der Waals surface area contributed by atoms with E-state index in [1.165, 1.54) is 0 Å². The van der Waals surface area contributed by atoms with Crippen LogP contribution >= 0.6 is 46.4 Å². The smallest absolute Gasteiger partial charge is 0.259 e. The summed E-state index contributed by atoms with van der Waals surface area (Å²) in [5.74, 6) is 0.238. The molecule has 0 fully saturated rings. The van der Waals surface area contributed by atoms with Crippen molar-refractivity contribution in [2.45, 2.75) is 0 Å². The lowest BCUT2D eigenvalue weighted by molar-refractivity contribution is 1.14. The molecule has 0 aliphatic heterocycles. The number of rotatable bonds is 2. The molecule has 23 heavy (non-hydrogen) atoms. The molecule has 0 aliphatic rings. The maximum atomic E-state index is 12.1. The maximum absolute atomic E-state index is 12.1. The number of fused-ring (bicyclic) bond motifs is 1. The second-order valence-electron chi connectivity index (χ2n) is 4.71. The molecular weight excluding hydrogens is 378 g/mol. The number of nitrogens with one attached hydrogen (secondary N) is 1. The molecule has 0 aliphatic carbocycles. The molecule has 0 saturated heterocycles. The minimum absolute atomic E-state index is 0.238. The summed E-state index contributed by atoms with van der Waals surface area (Å²) in [6.45, 7) is 0. The molecule has 1 aromatic heterocycles. The van der Waals surface area contributed by atoms with Gasteiger partial charge in [0.15, 0.2) is 5.82 Å². The van der Waals surface area contributed by atoms with Crippen molar-refractivity contribution >= 4 is 68.4 Å². The number of aromatic amines is 1. The van der Waals surface area contributed by atoms with E-state index in [0.717, 1.165) is 0 Å². The van der Waals surface area contributed by atoms with Crippen molar-refractivity contribution in [1.82, 2.24) is 9.97 Å². The Labute approximate surface area is 151 Å². The standard InChI is InChI=1S/C16H8Cl4N2O/c17-9-4-5-13-10(7-9)16(23)22-15(21-13)12(19)6-8-2-1-3-11(18)14(8)20/h1-7H,(H,21,22,23)/b12-6-. The summed E-state index contributed by atoms with van der Waals surface area (Å²) in [6, 6.07) is 10.1. The van der Waals surface area contributed by atoms with Gasteiger partial charge in [0.1, 0.15) is 0 Å². The molecule has 0 atom stereocenters. The predicted octanol–water partition coefficient (Wildman–Crippen LogP) is 5.62. The molecule has 1 heterocycles. The molecule has 0 spiro atoms. The SMILES string of the molecule is O=c1[nH]c(/C(Cl)=C/c2cccc(Cl)c2Cl)nc2ccc(Cl)cc12. The highest BCUT2D eigenvalue weighted by Gasteiger charge is 2.09. The molecule has 3 rings (SSSR count). The van der Waals surface area contributed by atoms with Crippen molar-refractivity contribution in [2.24, 2.45) is 0 Å². The van der Waals surface area contributed by atoms with Gasteiger partial charge in [-0.2, -0.15) is 0 Å². The van der Waals surface area contributed by atoms with Gasteiger partial charge in [-0.3, -0.25) is 4.79 Å². The van der Waals surface area contributed by atoms with Crippen LogP contribution in [0.5, 0.6) is 0 Å². The molecular formula is C16H8Cl4N2O. The van der Waals surface area contributed by atoms with E-state index in [2.05, 4.69) is 9.97 Å². The van der Waals surface area contributed by atoms with Crippen LogP contribution in [-0.4, -0.2) is 9.97 Å². The molecule has 1 N–H and O–H groups in total. The number of benzene rings is 2. The lowest BCUT2D eigenvalue weighted by Crippen LogP contribution is -2.10. The van der Waals surface area contributed by atoms with Crippen LogP contribution in [0.1, 0.15) is 11.4 Å². The molecule has 7 heteroatoms. The molecule has 0 saturated carbocycles. The number of H-pyrrole nitrogens is 1. The van der Waals surface area contributed by atoms with Gasteiger partial charge >= 0.3 is 0 Å². The van der Waals surface area contributed by atoms with Crippen molar-refractivity contribution in [3.63, 3.8) is 0 Å². The van der Waals surface area contributed by atoms with E-state index < -0.39 is 0 Å². The van der Waals surface area contributed by atoms with E-state index in [4.69, 9.17) is 46.4 Å². The second kappa shape index (κ2) is 6.54. The average molecular weight is 386 g/mol. The Kier molecular flexibility index (Phi) is 4.64. The van der Waals surface area contributed by atoms with Crippen LogP contribution in [0.2, 0.25) is 15.1 Å². The fourth-order valence-corrected chi connectivity index (χ4v) is 2.80. The number of hydrogen-bond donors (Lipinski definition) is 1. The molecule has 0 bridgehead atoms. The maximum Gasteiger partial charge on any atom is 0.259 e. The van der Waals surface area contributed by atoms with E-state index in [0.29, 0.717) is 31.5 Å². The van der Waals surface area contributed by atoms with Crippen molar-refractivity contribution in [3.8, 4) is 0 Å². The van der Waals surface area contributed by atoms with Crippen LogP contribution in [0.15, 0.2) is 41.2 Å². The van der Waals surface area contributed by atoms with Gasteiger partial charge in [0.05, 0.1) is 26.0 Å². The number of halogens is 4.